The highest BCUT2D eigenvalue weighted by Gasteiger charge is 2.24. The van der Waals surface area contributed by atoms with Gasteiger partial charge in [-0.2, -0.15) is 0 Å². The highest BCUT2D eigenvalue weighted by atomic mass is 32.2. The fraction of sp³-hybridized carbons (Fsp3) is 0.478. The minimum absolute atomic E-state index is 0.144. The average molecular weight is 480 g/mol. The Morgan fingerprint density at radius 2 is 1.70 bits per heavy atom. The monoisotopic (exact) mass is 479 g/mol. The molecule has 182 valence electrons. The van der Waals surface area contributed by atoms with Gasteiger partial charge in [0, 0.05) is 37.1 Å². The molecule has 0 saturated heterocycles. The molecular formula is C23H33N3O6S. The van der Waals surface area contributed by atoms with Gasteiger partial charge < -0.3 is 20.1 Å². The lowest BCUT2D eigenvalue weighted by Crippen LogP contribution is -2.43. The molecular weight excluding hydrogens is 446 g/mol. The van der Waals surface area contributed by atoms with Crippen LogP contribution in [0.4, 0.5) is 10.5 Å². The maximum atomic E-state index is 12.9. The van der Waals surface area contributed by atoms with Crippen molar-refractivity contribution in [2.45, 2.75) is 56.6 Å². The molecule has 2 aromatic carbocycles. The Morgan fingerprint density at radius 3 is 2.30 bits per heavy atom. The Bertz CT molecular complexity index is 1090. The lowest BCUT2D eigenvalue weighted by atomic mass is 10.1. The van der Waals surface area contributed by atoms with E-state index in [2.05, 4.69) is 10.0 Å². The van der Waals surface area contributed by atoms with Crippen molar-refractivity contribution in [2.24, 2.45) is 0 Å². The van der Waals surface area contributed by atoms with Crippen LogP contribution in [0.5, 0.6) is 0 Å². The van der Waals surface area contributed by atoms with Crippen molar-refractivity contribution in [3.63, 3.8) is 0 Å². The predicted octanol–water partition coefficient (Wildman–Crippen LogP) is 3.33. The number of hydrogen-bond acceptors (Lipinski definition) is 6. The van der Waals surface area contributed by atoms with Crippen LogP contribution in [0.1, 0.15) is 40.0 Å². The molecule has 0 aliphatic rings. The molecule has 9 nitrogen and oxygen atoms in total. The number of rotatable bonds is 10. The van der Waals surface area contributed by atoms with Crippen LogP contribution in [0, 0.1) is 0 Å². The molecule has 1 amide bonds. The van der Waals surface area contributed by atoms with Gasteiger partial charge in [-0.05, 0) is 52.2 Å². The number of amides is 1. The molecule has 3 N–H and O–H groups in total. The Balaban J connectivity index is 1.97. The molecule has 0 aromatic heterocycles. The van der Waals surface area contributed by atoms with Crippen molar-refractivity contribution in [3.8, 4) is 0 Å². The first-order valence-electron chi connectivity index (χ1n) is 10.7. The van der Waals surface area contributed by atoms with Crippen LogP contribution in [-0.4, -0.2) is 57.9 Å². The number of unbranched alkanes of at least 4 members (excludes halogenated alkanes) is 1. The van der Waals surface area contributed by atoms with E-state index in [1.807, 2.05) is 37.2 Å². The van der Waals surface area contributed by atoms with Crippen LogP contribution in [0.25, 0.3) is 10.8 Å². The highest BCUT2D eigenvalue weighted by Crippen LogP contribution is 2.30. The summed E-state index contributed by atoms with van der Waals surface area (Å²) in [4.78, 5) is 25.4. The van der Waals surface area contributed by atoms with E-state index in [-0.39, 0.29) is 17.9 Å². The largest absolute Gasteiger partial charge is 0.480 e. The number of sulfonamides is 1. The van der Waals surface area contributed by atoms with E-state index in [9.17, 15) is 23.1 Å². The van der Waals surface area contributed by atoms with Gasteiger partial charge in [0.15, 0.2) is 0 Å². The summed E-state index contributed by atoms with van der Waals surface area (Å²) in [6.45, 7) is 5.20. The molecule has 0 radical (unpaired) electrons. The Morgan fingerprint density at radius 1 is 1.06 bits per heavy atom. The zero-order chi connectivity index (χ0) is 24.8. The lowest BCUT2D eigenvalue weighted by Gasteiger charge is -2.22. The summed E-state index contributed by atoms with van der Waals surface area (Å²) in [6.07, 6.45) is 0.155. The van der Waals surface area contributed by atoms with E-state index in [4.69, 9.17) is 4.74 Å². The molecule has 10 heteroatoms. The first-order chi connectivity index (χ1) is 15.3. The Hall–Kier alpha value is -2.85. The molecule has 0 aliphatic carbocycles. The molecule has 1 atom stereocenters. The van der Waals surface area contributed by atoms with Gasteiger partial charge in [0.2, 0.25) is 10.0 Å². The van der Waals surface area contributed by atoms with E-state index < -0.39 is 33.7 Å². The first-order valence-corrected chi connectivity index (χ1v) is 12.2. The van der Waals surface area contributed by atoms with Crippen molar-refractivity contribution in [3.05, 3.63) is 36.4 Å². The molecule has 2 rings (SSSR count). The van der Waals surface area contributed by atoms with Crippen molar-refractivity contribution < 1.29 is 27.9 Å². The van der Waals surface area contributed by atoms with Gasteiger partial charge in [-0.25, -0.2) is 22.7 Å². The second kappa shape index (κ2) is 10.8. The summed E-state index contributed by atoms with van der Waals surface area (Å²) in [5, 5.41) is 13.1. The van der Waals surface area contributed by atoms with Gasteiger partial charge in [-0.15, -0.1) is 0 Å². The number of carbonyl (C=O) groups excluding carboxylic acids is 1. The third-order valence-corrected chi connectivity index (χ3v) is 6.35. The number of hydrogen-bond donors (Lipinski definition) is 3. The van der Waals surface area contributed by atoms with Crippen LogP contribution in [0.15, 0.2) is 41.3 Å². The number of anilines is 1. The normalized spacial score (nSPS) is 12.9. The summed E-state index contributed by atoms with van der Waals surface area (Å²) < 4.78 is 33.5. The molecule has 0 bridgehead atoms. The van der Waals surface area contributed by atoms with Crippen LogP contribution < -0.4 is 14.9 Å². The topological polar surface area (TPSA) is 125 Å². The van der Waals surface area contributed by atoms with Gasteiger partial charge in [0.05, 0.1) is 4.90 Å². The predicted molar refractivity (Wildman–Crippen MR) is 128 cm³/mol. The van der Waals surface area contributed by atoms with Gasteiger partial charge in [-0.1, -0.05) is 24.3 Å². The van der Waals surface area contributed by atoms with Gasteiger partial charge in [-0.3, -0.25) is 0 Å². The summed E-state index contributed by atoms with van der Waals surface area (Å²) in [6, 6.07) is 9.57. The number of aliphatic carboxylic acids is 1. The minimum atomic E-state index is -3.76. The number of benzene rings is 2. The maximum absolute atomic E-state index is 12.9. The molecule has 0 spiro atoms. The molecule has 0 saturated carbocycles. The van der Waals surface area contributed by atoms with Crippen LogP contribution in [-0.2, 0) is 19.6 Å². The number of nitrogens with zero attached hydrogens (tertiary/aromatic N) is 1. The Labute approximate surface area is 195 Å². The average Bonchev–Trinajstić information content (AvgIpc) is 2.70. The van der Waals surface area contributed by atoms with Crippen molar-refractivity contribution >= 4 is 38.5 Å². The zero-order valence-corrected chi connectivity index (χ0v) is 20.5. The first kappa shape index (κ1) is 26.4. The molecule has 0 fully saturated rings. The quantitative estimate of drug-likeness (QED) is 0.446. The van der Waals surface area contributed by atoms with Crippen molar-refractivity contribution in [2.75, 3.05) is 25.5 Å². The molecule has 0 unspecified atom stereocenters. The number of fused-ring (bicyclic) bond motifs is 1. The minimum Gasteiger partial charge on any atom is -0.480 e. The summed E-state index contributed by atoms with van der Waals surface area (Å²) >= 11 is 0. The maximum Gasteiger partial charge on any atom is 0.408 e. The summed E-state index contributed by atoms with van der Waals surface area (Å²) in [5.41, 5.74) is 0.183. The molecule has 2 aromatic rings. The van der Waals surface area contributed by atoms with Crippen molar-refractivity contribution in [1.82, 2.24) is 10.0 Å². The molecule has 33 heavy (non-hydrogen) atoms. The number of carboxylic acids is 1. The van der Waals surface area contributed by atoms with Crippen LogP contribution >= 0.6 is 0 Å². The fourth-order valence-electron chi connectivity index (χ4n) is 3.35. The Kier molecular flexibility index (Phi) is 8.68. The van der Waals surface area contributed by atoms with E-state index in [1.54, 1.807) is 39.0 Å². The smallest absolute Gasteiger partial charge is 0.408 e. The van der Waals surface area contributed by atoms with Gasteiger partial charge in [0.1, 0.15) is 11.6 Å². The van der Waals surface area contributed by atoms with E-state index in [1.165, 1.54) is 0 Å². The number of carboxylic acid groups (broad SMARTS) is 1. The van der Waals surface area contributed by atoms with Gasteiger partial charge in [0.25, 0.3) is 0 Å². The van der Waals surface area contributed by atoms with Gasteiger partial charge >= 0.3 is 12.1 Å². The van der Waals surface area contributed by atoms with Crippen molar-refractivity contribution in [1.29, 1.82) is 0 Å². The zero-order valence-electron chi connectivity index (χ0n) is 19.7. The van der Waals surface area contributed by atoms with E-state index in [0.29, 0.717) is 18.2 Å². The highest BCUT2D eigenvalue weighted by molar-refractivity contribution is 7.89. The fourth-order valence-corrected chi connectivity index (χ4v) is 4.65. The van der Waals surface area contributed by atoms with E-state index >= 15 is 0 Å². The third-order valence-electron chi connectivity index (χ3n) is 4.83. The van der Waals surface area contributed by atoms with E-state index in [0.717, 1.165) is 11.1 Å². The van der Waals surface area contributed by atoms with Crippen LogP contribution in [0.3, 0.4) is 0 Å². The summed E-state index contributed by atoms with van der Waals surface area (Å²) in [7, 11) is 0.0379. The summed E-state index contributed by atoms with van der Waals surface area (Å²) in [5.74, 6) is -1.17. The molecule has 0 heterocycles. The number of nitrogens with one attached hydrogen (secondary N) is 2. The number of alkyl carbamates (subject to hydrolysis) is 1. The third kappa shape index (κ3) is 7.61. The SMILES string of the molecule is CN(C)c1cccc2c(S(=O)(=O)NCCCC[C@H](NC(=O)OC(C)(C)C)C(=O)O)cccc12. The second-order valence-electron chi connectivity index (χ2n) is 8.95. The molecule has 0 aliphatic heterocycles. The van der Waals surface area contributed by atoms with Crippen LogP contribution in [0.2, 0.25) is 0 Å². The second-order valence-corrected chi connectivity index (χ2v) is 10.7. The number of ether oxygens (including phenoxy) is 1. The number of carbonyl (C=O) groups is 2. The lowest BCUT2D eigenvalue weighted by molar-refractivity contribution is -0.139. The standard InChI is InChI=1S/C23H33N3O6S/c1-23(2,3)32-22(29)25-18(21(27)28)12-6-7-15-24-33(30,31)20-14-9-10-16-17(20)11-8-13-19(16)26(4)5/h8-11,13-14,18,24H,6-7,12,15H2,1-5H3,(H,25,29)(H,27,28)/t18-/m0/s1.